The lowest BCUT2D eigenvalue weighted by atomic mass is 10.0. The number of nitrogens with one attached hydrogen (secondary N) is 1. The Morgan fingerprint density at radius 1 is 1.42 bits per heavy atom. The molecule has 1 aliphatic rings. The van der Waals surface area contributed by atoms with E-state index in [2.05, 4.69) is 25.2 Å². The summed E-state index contributed by atoms with van der Waals surface area (Å²) in [5.74, 6) is 0. The van der Waals surface area contributed by atoms with E-state index in [-0.39, 0.29) is 0 Å². The fraction of sp³-hybridized carbons (Fsp3) is 0.400. The van der Waals surface area contributed by atoms with Gasteiger partial charge in [-0.25, -0.2) is 0 Å². The molecule has 0 saturated carbocycles. The number of fused-ring (bicyclic) bond motifs is 2. The Hall–Kier alpha value is -1.32. The fourth-order valence-electron chi connectivity index (χ4n) is 2.63. The van der Waals surface area contributed by atoms with E-state index in [4.69, 9.17) is 21.3 Å². The van der Waals surface area contributed by atoms with E-state index in [0.717, 1.165) is 52.4 Å². The van der Waals surface area contributed by atoms with Crippen LogP contribution in [0.15, 0.2) is 12.1 Å². The van der Waals surface area contributed by atoms with Crippen molar-refractivity contribution in [3.63, 3.8) is 0 Å². The molecule has 2 aromatic rings. The average molecular weight is 277 g/mol. The minimum Gasteiger partial charge on any atom is -0.384 e. The quantitative estimate of drug-likeness (QED) is 0.908. The molecule has 0 saturated heterocycles. The molecule has 3 rings (SSSR count). The first-order valence-corrected chi connectivity index (χ1v) is 7.01. The van der Waals surface area contributed by atoms with Crippen LogP contribution in [-0.4, -0.2) is 18.1 Å². The monoisotopic (exact) mass is 276 g/mol. The van der Waals surface area contributed by atoms with Crippen LogP contribution in [-0.2, 0) is 17.8 Å². The lowest BCUT2D eigenvalue weighted by molar-refractivity contribution is 0.110. The Balaban J connectivity index is 2.35. The molecular weight excluding hydrogens is 260 g/mol. The third-order valence-electron chi connectivity index (χ3n) is 3.46. The van der Waals surface area contributed by atoms with Crippen LogP contribution >= 0.6 is 11.6 Å². The Kier molecular flexibility index (Phi) is 3.33. The molecule has 0 atom stereocenters. The number of pyridine rings is 1. The second-order valence-electron chi connectivity index (χ2n) is 4.89. The minimum atomic E-state index is 0.631. The number of benzene rings is 1. The fourth-order valence-corrected chi connectivity index (χ4v) is 2.95. The number of anilines is 1. The summed E-state index contributed by atoms with van der Waals surface area (Å²) >= 11 is 6.36. The highest BCUT2D eigenvalue weighted by Gasteiger charge is 2.19. The maximum absolute atomic E-state index is 6.36. The predicted molar refractivity (Wildman–Crippen MR) is 79.0 cm³/mol. The molecule has 1 aliphatic heterocycles. The summed E-state index contributed by atoms with van der Waals surface area (Å²) in [6.45, 7) is 6.39. The molecule has 4 heteroatoms. The van der Waals surface area contributed by atoms with Crippen LogP contribution in [0.4, 0.5) is 5.69 Å². The van der Waals surface area contributed by atoms with Gasteiger partial charge >= 0.3 is 0 Å². The van der Waals surface area contributed by atoms with E-state index >= 15 is 0 Å². The summed E-state index contributed by atoms with van der Waals surface area (Å²) in [4.78, 5) is 4.75. The standard InChI is InChI=1S/C15H17ClN2O/c1-3-17-14-10-6-9(2)7-12(16)15(10)18-13-4-5-19-8-11(13)14/h6-7H,3-5,8H2,1-2H3,(H,17,18). The zero-order valence-corrected chi connectivity index (χ0v) is 12.0. The largest absolute Gasteiger partial charge is 0.384 e. The molecule has 0 amide bonds. The van der Waals surface area contributed by atoms with Crippen LogP contribution < -0.4 is 5.32 Å². The lowest BCUT2D eigenvalue weighted by Gasteiger charge is -2.22. The van der Waals surface area contributed by atoms with Crippen molar-refractivity contribution in [1.29, 1.82) is 0 Å². The van der Waals surface area contributed by atoms with E-state index in [0.29, 0.717) is 6.61 Å². The van der Waals surface area contributed by atoms with Gasteiger partial charge in [0.2, 0.25) is 0 Å². The first-order valence-electron chi connectivity index (χ1n) is 6.64. The SMILES string of the molecule is CCNc1c2c(nc3c(Cl)cc(C)cc13)CCOC2. The molecule has 0 unspecified atom stereocenters. The first kappa shape index (κ1) is 12.7. The van der Waals surface area contributed by atoms with Gasteiger partial charge in [-0.05, 0) is 31.5 Å². The van der Waals surface area contributed by atoms with Gasteiger partial charge in [-0.3, -0.25) is 4.98 Å². The number of hydrogen-bond acceptors (Lipinski definition) is 3. The van der Waals surface area contributed by atoms with Crippen molar-refractivity contribution >= 4 is 28.2 Å². The second-order valence-corrected chi connectivity index (χ2v) is 5.30. The zero-order valence-electron chi connectivity index (χ0n) is 11.2. The summed E-state index contributed by atoms with van der Waals surface area (Å²) in [6.07, 6.45) is 0.855. The topological polar surface area (TPSA) is 34.2 Å². The lowest BCUT2D eigenvalue weighted by Crippen LogP contribution is -2.15. The summed E-state index contributed by atoms with van der Waals surface area (Å²) < 4.78 is 5.58. The summed E-state index contributed by atoms with van der Waals surface area (Å²) in [5.41, 5.74) is 5.47. The van der Waals surface area contributed by atoms with Crippen molar-refractivity contribution in [2.24, 2.45) is 0 Å². The zero-order chi connectivity index (χ0) is 13.4. The first-order chi connectivity index (χ1) is 9.20. The third kappa shape index (κ3) is 2.17. The van der Waals surface area contributed by atoms with E-state index < -0.39 is 0 Å². The van der Waals surface area contributed by atoms with Gasteiger partial charge in [0.25, 0.3) is 0 Å². The predicted octanol–water partition coefficient (Wildman–Crippen LogP) is 3.70. The van der Waals surface area contributed by atoms with Gasteiger partial charge in [0.05, 0.1) is 35.1 Å². The molecule has 0 bridgehead atoms. The van der Waals surface area contributed by atoms with Gasteiger partial charge in [0.1, 0.15) is 0 Å². The minimum absolute atomic E-state index is 0.631. The molecule has 0 fully saturated rings. The number of aryl methyl sites for hydroxylation is 1. The molecule has 2 heterocycles. The van der Waals surface area contributed by atoms with E-state index in [1.54, 1.807) is 0 Å². The third-order valence-corrected chi connectivity index (χ3v) is 3.75. The van der Waals surface area contributed by atoms with Crippen molar-refractivity contribution in [1.82, 2.24) is 4.98 Å². The summed E-state index contributed by atoms with van der Waals surface area (Å²) in [6, 6.07) is 4.11. The number of ether oxygens (including phenoxy) is 1. The molecule has 1 aromatic carbocycles. The molecule has 1 N–H and O–H groups in total. The van der Waals surface area contributed by atoms with Gasteiger partial charge in [0, 0.05) is 23.9 Å². The maximum atomic E-state index is 6.36. The van der Waals surface area contributed by atoms with Crippen molar-refractivity contribution in [2.75, 3.05) is 18.5 Å². The van der Waals surface area contributed by atoms with Crippen LogP contribution in [0.3, 0.4) is 0 Å². The highest BCUT2D eigenvalue weighted by Crippen LogP contribution is 2.35. The summed E-state index contributed by atoms with van der Waals surface area (Å²) in [5, 5.41) is 5.27. The molecule has 3 nitrogen and oxygen atoms in total. The van der Waals surface area contributed by atoms with Crippen LogP contribution in [0.25, 0.3) is 10.9 Å². The molecular formula is C15H17ClN2O. The van der Waals surface area contributed by atoms with Crippen LogP contribution in [0.1, 0.15) is 23.7 Å². The molecule has 1 aromatic heterocycles. The van der Waals surface area contributed by atoms with Crippen molar-refractivity contribution in [3.05, 3.63) is 34.0 Å². The van der Waals surface area contributed by atoms with Crippen molar-refractivity contribution in [3.8, 4) is 0 Å². The normalized spacial score (nSPS) is 14.5. The number of hydrogen-bond donors (Lipinski definition) is 1. The summed E-state index contributed by atoms with van der Waals surface area (Å²) in [7, 11) is 0. The average Bonchev–Trinajstić information content (AvgIpc) is 2.40. The number of aromatic nitrogens is 1. The Labute approximate surface area is 117 Å². The van der Waals surface area contributed by atoms with Gasteiger partial charge in [-0.15, -0.1) is 0 Å². The van der Waals surface area contributed by atoms with Crippen LogP contribution in [0, 0.1) is 6.92 Å². The number of nitrogens with zero attached hydrogens (tertiary/aromatic N) is 1. The van der Waals surface area contributed by atoms with Gasteiger partial charge in [-0.1, -0.05) is 11.6 Å². The smallest absolute Gasteiger partial charge is 0.0912 e. The molecule has 19 heavy (non-hydrogen) atoms. The molecule has 0 radical (unpaired) electrons. The van der Waals surface area contributed by atoms with Gasteiger partial charge in [0.15, 0.2) is 0 Å². The molecule has 0 spiro atoms. The number of rotatable bonds is 2. The molecule has 100 valence electrons. The van der Waals surface area contributed by atoms with Crippen molar-refractivity contribution < 1.29 is 4.74 Å². The number of halogens is 1. The van der Waals surface area contributed by atoms with E-state index in [1.165, 1.54) is 5.56 Å². The molecule has 0 aliphatic carbocycles. The maximum Gasteiger partial charge on any atom is 0.0912 e. The Morgan fingerprint density at radius 3 is 3.05 bits per heavy atom. The second kappa shape index (κ2) is 4.99. The van der Waals surface area contributed by atoms with Crippen LogP contribution in [0.2, 0.25) is 5.02 Å². The van der Waals surface area contributed by atoms with Gasteiger partial charge in [-0.2, -0.15) is 0 Å². The van der Waals surface area contributed by atoms with Crippen LogP contribution in [0.5, 0.6) is 0 Å². The Bertz CT molecular complexity index is 640. The van der Waals surface area contributed by atoms with Gasteiger partial charge < -0.3 is 10.1 Å². The van der Waals surface area contributed by atoms with Crippen molar-refractivity contribution in [2.45, 2.75) is 26.9 Å². The highest BCUT2D eigenvalue weighted by atomic mass is 35.5. The van der Waals surface area contributed by atoms with E-state index in [1.807, 2.05) is 6.07 Å². The van der Waals surface area contributed by atoms with E-state index in [9.17, 15) is 0 Å². The highest BCUT2D eigenvalue weighted by molar-refractivity contribution is 6.35. The Morgan fingerprint density at radius 2 is 2.26 bits per heavy atom.